The van der Waals surface area contributed by atoms with E-state index >= 15 is 0 Å². The van der Waals surface area contributed by atoms with Crippen LogP contribution in [0.15, 0.2) is 82.0 Å². The summed E-state index contributed by atoms with van der Waals surface area (Å²) in [6.45, 7) is 6.62. The second kappa shape index (κ2) is 12.7. The van der Waals surface area contributed by atoms with E-state index < -0.39 is 17.9 Å². The number of hydrogen-bond donors (Lipinski definition) is 2. The number of carbonyl (C=O) groups excluding carboxylic acids is 2. The van der Waals surface area contributed by atoms with Crippen LogP contribution in [-0.2, 0) is 11.2 Å². The van der Waals surface area contributed by atoms with Gasteiger partial charge in [-0.15, -0.1) is 0 Å². The van der Waals surface area contributed by atoms with Crippen LogP contribution in [0.4, 0.5) is 0 Å². The lowest BCUT2D eigenvalue weighted by Crippen LogP contribution is -2.45. The van der Waals surface area contributed by atoms with Crippen LogP contribution in [0, 0.1) is 5.92 Å². The van der Waals surface area contributed by atoms with Gasteiger partial charge in [-0.1, -0.05) is 75.6 Å². The Labute approximate surface area is 262 Å². The number of amides is 2. The van der Waals surface area contributed by atoms with Crippen LogP contribution in [0.25, 0.3) is 33.3 Å². The monoisotopic (exact) mass is 604 g/mol. The summed E-state index contributed by atoms with van der Waals surface area (Å²) in [6.07, 6.45) is 6.56. The van der Waals surface area contributed by atoms with Gasteiger partial charge < -0.3 is 20.0 Å². The molecule has 5 aromatic rings. The summed E-state index contributed by atoms with van der Waals surface area (Å²) in [5.74, 6) is 1.25. The number of imidazole rings is 1. The van der Waals surface area contributed by atoms with Gasteiger partial charge in [0.15, 0.2) is 5.43 Å². The number of hydrogen-bond acceptors (Lipinski definition) is 5. The molecule has 0 spiro atoms. The lowest BCUT2D eigenvalue weighted by atomic mass is 9.84. The Hall–Kier alpha value is -4.72. The second-order valence-electron chi connectivity index (χ2n) is 12.6. The molecular weight excluding hydrogens is 564 g/mol. The van der Waals surface area contributed by atoms with Crippen molar-refractivity contribution in [1.82, 2.24) is 14.9 Å². The van der Waals surface area contributed by atoms with Gasteiger partial charge in [0, 0.05) is 41.6 Å². The zero-order chi connectivity index (χ0) is 31.7. The highest BCUT2D eigenvalue weighted by Crippen LogP contribution is 2.37. The van der Waals surface area contributed by atoms with Gasteiger partial charge in [-0.25, -0.2) is 4.98 Å². The summed E-state index contributed by atoms with van der Waals surface area (Å²) in [4.78, 5) is 43.4. The number of rotatable bonds is 9. The average molecular weight is 605 g/mol. The Morgan fingerprint density at radius 2 is 1.69 bits per heavy atom. The molecule has 8 nitrogen and oxygen atoms in total. The predicted molar refractivity (Wildman–Crippen MR) is 177 cm³/mol. The number of nitrogens with two attached hydrogens (primary N) is 1. The van der Waals surface area contributed by atoms with Crippen molar-refractivity contribution >= 4 is 33.8 Å². The summed E-state index contributed by atoms with van der Waals surface area (Å²) in [6, 6.07) is 20.9. The summed E-state index contributed by atoms with van der Waals surface area (Å²) >= 11 is 0. The van der Waals surface area contributed by atoms with E-state index in [0.29, 0.717) is 46.2 Å². The molecule has 1 saturated carbocycles. The van der Waals surface area contributed by atoms with E-state index in [9.17, 15) is 14.4 Å². The summed E-state index contributed by atoms with van der Waals surface area (Å²) in [7, 11) is 0. The fourth-order valence-electron chi connectivity index (χ4n) is 6.67. The minimum Gasteiger partial charge on any atom is -0.456 e. The third-order valence-corrected chi connectivity index (χ3v) is 9.18. The molecule has 1 aliphatic carbocycles. The largest absolute Gasteiger partial charge is 0.456 e. The third kappa shape index (κ3) is 6.27. The molecule has 8 heteroatoms. The Morgan fingerprint density at radius 3 is 2.36 bits per heavy atom. The highest BCUT2D eigenvalue weighted by Gasteiger charge is 2.27. The molecule has 0 aliphatic heterocycles. The first-order chi connectivity index (χ1) is 21.7. The van der Waals surface area contributed by atoms with Crippen LogP contribution >= 0.6 is 0 Å². The van der Waals surface area contributed by atoms with Crippen molar-refractivity contribution in [3.63, 3.8) is 0 Å². The molecule has 0 unspecified atom stereocenters. The fraction of sp³-hybridized carbons (Fsp3) is 0.351. The summed E-state index contributed by atoms with van der Waals surface area (Å²) in [5.41, 5.74) is 9.65. The quantitative estimate of drug-likeness (QED) is 0.190. The minimum absolute atomic E-state index is 0.152. The van der Waals surface area contributed by atoms with Crippen LogP contribution < -0.4 is 16.5 Å². The van der Waals surface area contributed by atoms with Crippen molar-refractivity contribution in [3.8, 4) is 11.3 Å². The lowest BCUT2D eigenvalue weighted by molar-refractivity contribution is -0.119. The van der Waals surface area contributed by atoms with Gasteiger partial charge in [-0.3, -0.25) is 14.4 Å². The maximum absolute atomic E-state index is 13.3. The van der Waals surface area contributed by atoms with Crippen molar-refractivity contribution in [2.24, 2.45) is 11.7 Å². The molecule has 232 valence electrons. The Kier molecular flexibility index (Phi) is 8.57. The molecule has 45 heavy (non-hydrogen) atoms. The van der Waals surface area contributed by atoms with Crippen molar-refractivity contribution < 1.29 is 14.0 Å². The van der Waals surface area contributed by atoms with Gasteiger partial charge in [-0.05, 0) is 49.4 Å². The fourth-order valence-corrected chi connectivity index (χ4v) is 6.67. The maximum atomic E-state index is 13.3. The van der Waals surface area contributed by atoms with Gasteiger partial charge in [0.05, 0.1) is 16.4 Å². The molecule has 6 rings (SSSR count). The van der Waals surface area contributed by atoms with Crippen molar-refractivity contribution in [2.45, 2.75) is 77.3 Å². The number of nitrogens with zero attached hydrogens (tertiary/aromatic N) is 2. The van der Waals surface area contributed by atoms with E-state index in [0.717, 1.165) is 22.4 Å². The van der Waals surface area contributed by atoms with Crippen LogP contribution in [0.3, 0.4) is 0 Å². The molecule has 3 aromatic carbocycles. The molecule has 1 fully saturated rings. The maximum Gasteiger partial charge on any atom is 0.251 e. The van der Waals surface area contributed by atoms with Gasteiger partial charge in [0.2, 0.25) is 5.91 Å². The van der Waals surface area contributed by atoms with E-state index in [4.69, 9.17) is 15.1 Å². The number of aromatic nitrogens is 2. The van der Waals surface area contributed by atoms with Gasteiger partial charge in [0.25, 0.3) is 5.91 Å². The van der Waals surface area contributed by atoms with Crippen LogP contribution in [-0.4, -0.2) is 27.4 Å². The minimum atomic E-state index is -0.847. The molecule has 1 aliphatic rings. The van der Waals surface area contributed by atoms with E-state index in [1.165, 1.54) is 38.2 Å². The van der Waals surface area contributed by atoms with Gasteiger partial charge >= 0.3 is 0 Å². The molecule has 2 atom stereocenters. The smallest absolute Gasteiger partial charge is 0.251 e. The highest BCUT2D eigenvalue weighted by atomic mass is 16.3. The Bertz CT molecular complexity index is 1900. The van der Waals surface area contributed by atoms with Crippen molar-refractivity contribution in [1.29, 1.82) is 0 Å². The van der Waals surface area contributed by atoms with Gasteiger partial charge in [0.1, 0.15) is 23.2 Å². The predicted octanol–water partition coefficient (Wildman–Crippen LogP) is 6.90. The van der Waals surface area contributed by atoms with Crippen molar-refractivity contribution in [2.75, 3.05) is 0 Å². The normalized spacial score (nSPS) is 15.4. The number of fused-ring (bicyclic) bond motifs is 2. The number of primary amides is 1. The molecule has 3 N–H and O–H groups in total. The molecular formula is C37H40N4O4. The SMILES string of the molecule is CC(C)c1nc2cc3c(=O)cc(-c4ccc(C(=O)N[C@@H](Cc5ccccc5)C(N)=O)cc4)oc3cc2n1[C@H](C)C1CCCCC1. The second-order valence-corrected chi connectivity index (χ2v) is 12.6. The molecule has 2 aromatic heterocycles. The van der Waals surface area contributed by atoms with E-state index in [1.54, 1.807) is 24.3 Å². The molecule has 2 heterocycles. The van der Waals surface area contributed by atoms with E-state index in [-0.39, 0.29) is 11.3 Å². The highest BCUT2D eigenvalue weighted by molar-refractivity contribution is 5.98. The Morgan fingerprint density at radius 1 is 0.978 bits per heavy atom. The number of nitrogens with one attached hydrogen (secondary N) is 1. The first kappa shape index (κ1) is 30.3. The van der Waals surface area contributed by atoms with E-state index in [1.807, 2.05) is 42.5 Å². The standard InChI is InChI=1S/C37H40N4O4/c1-22(2)36-39-29-19-28-32(42)21-33(45-34(28)20-31(29)41(36)23(3)25-12-8-5-9-13-25)26-14-16-27(17-15-26)37(44)40-30(35(38)43)18-24-10-6-4-7-11-24/h4,6-7,10-11,14-17,19-23,25,30H,5,8-9,12-13,18H2,1-3H3,(H2,38,43)(H,40,44)/t23-,30+/m1/s1. The topological polar surface area (TPSA) is 120 Å². The summed E-state index contributed by atoms with van der Waals surface area (Å²) < 4.78 is 8.71. The Balaban J connectivity index is 1.30. The van der Waals surface area contributed by atoms with Crippen LogP contribution in [0.1, 0.15) is 86.6 Å². The van der Waals surface area contributed by atoms with Gasteiger partial charge in [-0.2, -0.15) is 0 Å². The molecule has 0 bridgehead atoms. The lowest BCUT2D eigenvalue weighted by Gasteiger charge is -2.30. The zero-order valence-electron chi connectivity index (χ0n) is 26.1. The molecule has 2 amide bonds. The van der Waals surface area contributed by atoms with Crippen molar-refractivity contribution in [3.05, 3.63) is 100.0 Å². The third-order valence-electron chi connectivity index (χ3n) is 9.18. The molecule has 0 saturated heterocycles. The first-order valence-corrected chi connectivity index (χ1v) is 15.9. The summed E-state index contributed by atoms with van der Waals surface area (Å²) in [5, 5.41) is 3.23. The van der Waals surface area contributed by atoms with Crippen LogP contribution in [0.5, 0.6) is 0 Å². The number of benzene rings is 3. The molecule has 0 radical (unpaired) electrons. The zero-order valence-corrected chi connectivity index (χ0v) is 26.1. The van der Waals surface area contributed by atoms with E-state index in [2.05, 4.69) is 30.7 Å². The first-order valence-electron chi connectivity index (χ1n) is 15.9. The van der Waals surface area contributed by atoms with Crippen LogP contribution in [0.2, 0.25) is 0 Å². The average Bonchev–Trinajstić information content (AvgIpc) is 3.43. The number of carbonyl (C=O) groups is 2.